The standard InChI is InChI=1S/C15H21NO3/c1-4-19-14(17)9-6-10-16-15(18)13-8-5-7-11(2)12(13)3/h5,7-8H,4,6,9-10H2,1-3H3,(H,16,18). The molecule has 0 fully saturated rings. The summed E-state index contributed by atoms with van der Waals surface area (Å²) in [5, 5.41) is 2.82. The molecule has 0 aliphatic rings. The van der Waals surface area contributed by atoms with Gasteiger partial charge in [-0.15, -0.1) is 0 Å². The van der Waals surface area contributed by atoms with Crippen LogP contribution in [0.15, 0.2) is 18.2 Å². The van der Waals surface area contributed by atoms with E-state index in [1.807, 2.05) is 32.0 Å². The van der Waals surface area contributed by atoms with Gasteiger partial charge in [0, 0.05) is 18.5 Å². The van der Waals surface area contributed by atoms with Gasteiger partial charge in [0.25, 0.3) is 5.91 Å². The van der Waals surface area contributed by atoms with Gasteiger partial charge in [0.15, 0.2) is 0 Å². The van der Waals surface area contributed by atoms with Crippen molar-refractivity contribution in [1.29, 1.82) is 0 Å². The summed E-state index contributed by atoms with van der Waals surface area (Å²) in [6.07, 6.45) is 0.927. The van der Waals surface area contributed by atoms with E-state index in [1.54, 1.807) is 6.92 Å². The van der Waals surface area contributed by atoms with Crippen molar-refractivity contribution in [2.24, 2.45) is 0 Å². The number of nitrogens with one attached hydrogen (secondary N) is 1. The lowest BCUT2D eigenvalue weighted by molar-refractivity contribution is -0.143. The highest BCUT2D eigenvalue weighted by atomic mass is 16.5. The fraction of sp³-hybridized carbons (Fsp3) is 0.467. The van der Waals surface area contributed by atoms with Crippen LogP contribution in [0.1, 0.15) is 41.3 Å². The van der Waals surface area contributed by atoms with Crippen LogP contribution in [0.3, 0.4) is 0 Å². The molecule has 0 radical (unpaired) electrons. The smallest absolute Gasteiger partial charge is 0.305 e. The molecule has 0 unspecified atom stereocenters. The number of hydrogen-bond donors (Lipinski definition) is 1. The molecule has 1 aromatic rings. The molecule has 0 spiro atoms. The molecule has 0 atom stereocenters. The monoisotopic (exact) mass is 263 g/mol. The highest BCUT2D eigenvalue weighted by molar-refractivity contribution is 5.95. The topological polar surface area (TPSA) is 55.4 Å². The van der Waals surface area contributed by atoms with Crippen LogP contribution in [-0.4, -0.2) is 25.0 Å². The molecule has 0 saturated heterocycles. The lowest BCUT2D eigenvalue weighted by Crippen LogP contribution is -2.26. The third-order valence-electron chi connectivity index (χ3n) is 3.00. The minimum Gasteiger partial charge on any atom is -0.466 e. The molecule has 0 aromatic heterocycles. The molecule has 0 aliphatic carbocycles. The van der Waals surface area contributed by atoms with Crippen LogP contribution < -0.4 is 5.32 Å². The maximum atomic E-state index is 12.0. The van der Waals surface area contributed by atoms with Crippen molar-refractivity contribution in [3.8, 4) is 0 Å². The van der Waals surface area contributed by atoms with Crippen LogP contribution in [0.25, 0.3) is 0 Å². The number of amides is 1. The maximum Gasteiger partial charge on any atom is 0.305 e. The number of esters is 1. The molecule has 104 valence electrons. The van der Waals surface area contributed by atoms with Gasteiger partial charge in [-0.3, -0.25) is 9.59 Å². The predicted octanol–water partition coefficient (Wildman–Crippen LogP) is 2.38. The Bertz CT molecular complexity index is 455. The van der Waals surface area contributed by atoms with Crippen LogP contribution >= 0.6 is 0 Å². The molecule has 1 rings (SSSR count). The van der Waals surface area contributed by atoms with Gasteiger partial charge in [0.05, 0.1) is 6.61 Å². The van der Waals surface area contributed by atoms with E-state index in [-0.39, 0.29) is 11.9 Å². The predicted molar refractivity (Wildman–Crippen MR) is 74.1 cm³/mol. The van der Waals surface area contributed by atoms with Gasteiger partial charge in [-0.25, -0.2) is 0 Å². The van der Waals surface area contributed by atoms with E-state index in [4.69, 9.17) is 4.74 Å². The third-order valence-corrected chi connectivity index (χ3v) is 3.00. The maximum absolute atomic E-state index is 12.0. The van der Waals surface area contributed by atoms with E-state index < -0.39 is 0 Å². The van der Waals surface area contributed by atoms with E-state index in [1.165, 1.54) is 0 Å². The Morgan fingerprint density at radius 3 is 2.68 bits per heavy atom. The van der Waals surface area contributed by atoms with Crippen LogP contribution in [0.4, 0.5) is 0 Å². The summed E-state index contributed by atoms with van der Waals surface area (Å²) < 4.78 is 4.82. The Morgan fingerprint density at radius 1 is 1.26 bits per heavy atom. The second kappa shape index (κ2) is 7.56. The van der Waals surface area contributed by atoms with Crippen molar-refractivity contribution >= 4 is 11.9 Å². The minimum atomic E-state index is -0.219. The number of ether oxygens (including phenoxy) is 1. The highest BCUT2D eigenvalue weighted by Gasteiger charge is 2.09. The van der Waals surface area contributed by atoms with E-state index in [0.717, 1.165) is 11.1 Å². The molecule has 19 heavy (non-hydrogen) atoms. The zero-order valence-corrected chi connectivity index (χ0v) is 11.8. The first-order chi connectivity index (χ1) is 9.06. The summed E-state index contributed by atoms with van der Waals surface area (Å²) in [7, 11) is 0. The van der Waals surface area contributed by atoms with Crippen molar-refractivity contribution in [2.75, 3.05) is 13.2 Å². The van der Waals surface area contributed by atoms with E-state index in [9.17, 15) is 9.59 Å². The van der Waals surface area contributed by atoms with Gasteiger partial charge in [-0.1, -0.05) is 12.1 Å². The molecule has 0 bridgehead atoms. The number of benzene rings is 1. The van der Waals surface area contributed by atoms with Crippen molar-refractivity contribution in [3.05, 3.63) is 34.9 Å². The van der Waals surface area contributed by atoms with Gasteiger partial charge in [-0.05, 0) is 44.4 Å². The molecule has 4 heteroatoms. The summed E-state index contributed by atoms with van der Waals surface area (Å²) in [6, 6.07) is 5.66. The van der Waals surface area contributed by atoms with Crippen molar-refractivity contribution in [2.45, 2.75) is 33.6 Å². The molecular formula is C15H21NO3. The fourth-order valence-corrected chi connectivity index (χ4v) is 1.76. The molecule has 0 saturated carbocycles. The number of carbonyl (C=O) groups is 2. The Morgan fingerprint density at radius 2 is 2.00 bits per heavy atom. The van der Waals surface area contributed by atoms with Crippen LogP contribution in [-0.2, 0) is 9.53 Å². The van der Waals surface area contributed by atoms with Gasteiger partial charge >= 0.3 is 5.97 Å². The Kier molecular flexibility index (Phi) is 6.06. The zero-order chi connectivity index (χ0) is 14.3. The van der Waals surface area contributed by atoms with Crippen molar-refractivity contribution < 1.29 is 14.3 Å². The number of rotatable bonds is 6. The number of carbonyl (C=O) groups excluding carboxylic acids is 2. The Balaban J connectivity index is 2.40. The van der Waals surface area contributed by atoms with Gasteiger partial charge in [0.2, 0.25) is 0 Å². The SMILES string of the molecule is CCOC(=O)CCCNC(=O)c1cccc(C)c1C. The number of aryl methyl sites for hydroxylation is 1. The lowest BCUT2D eigenvalue weighted by Gasteiger charge is -2.09. The molecule has 1 aromatic carbocycles. The van der Waals surface area contributed by atoms with Gasteiger partial charge in [0.1, 0.15) is 0 Å². The Labute approximate surface area is 114 Å². The quantitative estimate of drug-likeness (QED) is 0.633. The summed E-state index contributed by atoms with van der Waals surface area (Å²) in [5.41, 5.74) is 2.78. The zero-order valence-electron chi connectivity index (χ0n) is 11.8. The number of hydrogen-bond acceptors (Lipinski definition) is 3. The molecule has 1 N–H and O–H groups in total. The van der Waals surface area contributed by atoms with Gasteiger partial charge in [-0.2, -0.15) is 0 Å². The molecule has 1 amide bonds. The Hall–Kier alpha value is -1.84. The van der Waals surface area contributed by atoms with E-state index in [2.05, 4.69) is 5.32 Å². The average molecular weight is 263 g/mol. The van der Waals surface area contributed by atoms with E-state index in [0.29, 0.717) is 31.6 Å². The molecular weight excluding hydrogens is 242 g/mol. The first kappa shape index (κ1) is 15.2. The third kappa shape index (κ3) is 4.73. The molecule has 4 nitrogen and oxygen atoms in total. The second-order valence-corrected chi connectivity index (χ2v) is 4.41. The largest absolute Gasteiger partial charge is 0.466 e. The van der Waals surface area contributed by atoms with Crippen LogP contribution in [0, 0.1) is 13.8 Å². The summed E-state index contributed by atoms with van der Waals surface area (Å²) in [5.74, 6) is -0.312. The van der Waals surface area contributed by atoms with Gasteiger partial charge < -0.3 is 10.1 Å². The molecule has 0 heterocycles. The minimum absolute atomic E-state index is 0.0925. The average Bonchev–Trinajstić information content (AvgIpc) is 2.38. The lowest BCUT2D eigenvalue weighted by atomic mass is 10.0. The molecule has 0 aliphatic heterocycles. The summed E-state index contributed by atoms with van der Waals surface area (Å²) >= 11 is 0. The van der Waals surface area contributed by atoms with Crippen LogP contribution in [0.2, 0.25) is 0 Å². The van der Waals surface area contributed by atoms with E-state index >= 15 is 0 Å². The fourth-order valence-electron chi connectivity index (χ4n) is 1.76. The second-order valence-electron chi connectivity index (χ2n) is 4.41. The summed E-state index contributed by atoms with van der Waals surface area (Å²) in [4.78, 5) is 23.1. The highest BCUT2D eigenvalue weighted by Crippen LogP contribution is 2.12. The van der Waals surface area contributed by atoms with Crippen molar-refractivity contribution in [1.82, 2.24) is 5.32 Å². The van der Waals surface area contributed by atoms with Crippen LogP contribution in [0.5, 0.6) is 0 Å². The summed E-state index contributed by atoms with van der Waals surface area (Å²) in [6.45, 7) is 6.56. The first-order valence-electron chi connectivity index (χ1n) is 6.56. The first-order valence-corrected chi connectivity index (χ1v) is 6.56. The van der Waals surface area contributed by atoms with Crippen molar-refractivity contribution in [3.63, 3.8) is 0 Å². The normalized spacial score (nSPS) is 10.1.